The highest BCUT2D eigenvalue weighted by atomic mass is 32.1. The van der Waals surface area contributed by atoms with Gasteiger partial charge < -0.3 is 0 Å². The normalized spacial score (nSPS) is 11.6. The van der Waals surface area contributed by atoms with E-state index in [1.165, 1.54) is 27.1 Å². The summed E-state index contributed by atoms with van der Waals surface area (Å²) < 4.78 is 0. The number of aryl methyl sites for hydroxylation is 1. The Kier molecular flexibility index (Phi) is 3.80. The van der Waals surface area contributed by atoms with Crippen LogP contribution in [0.25, 0.3) is 11.6 Å². The smallest absolute Gasteiger partial charge is 0.0348 e. The molecule has 0 aliphatic rings. The van der Waals surface area contributed by atoms with Crippen molar-refractivity contribution in [1.82, 2.24) is 0 Å². The third-order valence-electron chi connectivity index (χ3n) is 3.26. The molecule has 0 unspecified atom stereocenters. The molecule has 98 valence electrons. The first-order valence-electron chi connectivity index (χ1n) is 6.70. The van der Waals surface area contributed by atoms with Gasteiger partial charge in [-0.25, -0.2) is 0 Å². The molecule has 0 aliphatic carbocycles. The molecule has 0 saturated carbocycles. The minimum absolute atomic E-state index is 1.24. The van der Waals surface area contributed by atoms with Crippen molar-refractivity contribution in [2.45, 2.75) is 6.92 Å². The van der Waals surface area contributed by atoms with Gasteiger partial charge in [-0.1, -0.05) is 66.2 Å². The van der Waals surface area contributed by atoms with E-state index in [1.54, 1.807) is 11.3 Å². The lowest BCUT2D eigenvalue weighted by atomic mass is 10.0. The molecule has 0 N–H and O–H groups in total. The van der Waals surface area contributed by atoms with E-state index >= 15 is 0 Å². The summed E-state index contributed by atoms with van der Waals surface area (Å²) in [6.45, 7) is 2.12. The molecule has 0 bridgehead atoms. The first-order valence-corrected chi connectivity index (χ1v) is 7.58. The Hall–Kier alpha value is -2.12. The number of hydrogen-bond donors (Lipinski definition) is 0. The van der Waals surface area contributed by atoms with E-state index in [9.17, 15) is 0 Å². The van der Waals surface area contributed by atoms with Crippen LogP contribution in [0.2, 0.25) is 0 Å². The Morgan fingerprint density at radius 3 is 2.25 bits per heavy atom. The van der Waals surface area contributed by atoms with Crippen molar-refractivity contribution >= 4 is 23.0 Å². The third-order valence-corrected chi connectivity index (χ3v) is 4.16. The third kappa shape index (κ3) is 2.89. The Balaban J connectivity index is 2.08. The highest BCUT2D eigenvalue weighted by molar-refractivity contribution is 7.11. The lowest BCUT2D eigenvalue weighted by molar-refractivity contribution is 1.46. The van der Waals surface area contributed by atoms with Gasteiger partial charge in [0.05, 0.1) is 0 Å². The topological polar surface area (TPSA) is 0 Å². The van der Waals surface area contributed by atoms with Crippen LogP contribution in [0.4, 0.5) is 0 Å². The fourth-order valence-corrected chi connectivity index (χ4v) is 2.94. The van der Waals surface area contributed by atoms with Gasteiger partial charge in [-0.3, -0.25) is 0 Å². The molecule has 1 heteroatoms. The molecule has 3 aromatic rings. The van der Waals surface area contributed by atoms with Crippen molar-refractivity contribution in [3.8, 4) is 0 Å². The maximum Gasteiger partial charge on any atom is 0.0348 e. The summed E-state index contributed by atoms with van der Waals surface area (Å²) in [5.41, 5.74) is 5.07. The van der Waals surface area contributed by atoms with Crippen LogP contribution in [0.1, 0.15) is 21.6 Å². The van der Waals surface area contributed by atoms with E-state index < -0.39 is 0 Å². The van der Waals surface area contributed by atoms with Crippen molar-refractivity contribution in [3.63, 3.8) is 0 Å². The predicted molar refractivity (Wildman–Crippen MR) is 88.9 cm³/mol. The molecule has 0 amide bonds. The molecule has 0 radical (unpaired) electrons. The summed E-state index contributed by atoms with van der Waals surface area (Å²) >= 11 is 1.78. The number of thiophene rings is 1. The van der Waals surface area contributed by atoms with Gasteiger partial charge in [0.1, 0.15) is 0 Å². The molecule has 0 saturated heterocycles. The summed E-state index contributed by atoms with van der Waals surface area (Å²) in [5, 5.41) is 2.13. The molecule has 0 nitrogen and oxygen atoms in total. The van der Waals surface area contributed by atoms with Crippen LogP contribution in [0.3, 0.4) is 0 Å². The molecule has 1 aromatic heterocycles. The standard InChI is InChI=1S/C19H16S/c1-15-9-11-16(12-10-15)14-18(19-8-5-13-20-19)17-6-3-2-4-7-17/h2-14H,1H3/b18-14+. The zero-order valence-electron chi connectivity index (χ0n) is 11.4. The Bertz CT molecular complexity index is 689. The molecule has 2 aromatic carbocycles. The number of hydrogen-bond acceptors (Lipinski definition) is 1. The van der Waals surface area contributed by atoms with Crippen molar-refractivity contribution in [2.24, 2.45) is 0 Å². The highest BCUT2D eigenvalue weighted by Crippen LogP contribution is 2.29. The quantitative estimate of drug-likeness (QED) is 0.543. The predicted octanol–water partition coefficient (Wildman–Crippen LogP) is 5.65. The van der Waals surface area contributed by atoms with E-state index in [0.29, 0.717) is 0 Å². The average Bonchev–Trinajstić information content (AvgIpc) is 3.01. The second kappa shape index (κ2) is 5.89. The van der Waals surface area contributed by atoms with Crippen molar-refractivity contribution < 1.29 is 0 Å². The van der Waals surface area contributed by atoms with Crippen LogP contribution >= 0.6 is 11.3 Å². The van der Waals surface area contributed by atoms with Gasteiger partial charge in [-0.2, -0.15) is 0 Å². The molecule has 0 spiro atoms. The van der Waals surface area contributed by atoms with E-state index in [1.807, 2.05) is 0 Å². The minimum atomic E-state index is 1.24. The second-order valence-corrected chi connectivity index (χ2v) is 5.76. The van der Waals surface area contributed by atoms with Gasteiger partial charge in [0.25, 0.3) is 0 Å². The first kappa shape index (κ1) is 12.9. The largest absolute Gasteiger partial charge is 0.144 e. The number of rotatable bonds is 3. The molecular weight excluding hydrogens is 260 g/mol. The van der Waals surface area contributed by atoms with Crippen LogP contribution in [-0.2, 0) is 0 Å². The van der Waals surface area contributed by atoms with E-state index in [0.717, 1.165) is 0 Å². The Morgan fingerprint density at radius 1 is 0.850 bits per heavy atom. The van der Waals surface area contributed by atoms with Gasteiger partial charge in [0, 0.05) is 4.88 Å². The van der Waals surface area contributed by atoms with Crippen LogP contribution in [0.15, 0.2) is 72.1 Å². The lowest BCUT2D eigenvalue weighted by Crippen LogP contribution is -1.85. The zero-order chi connectivity index (χ0) is 13.8. The monoisotopic (exact) mass is 276 g/mol. The molecule has 0 aliphatic heterocycles. The summed E-state index contributed by atoms with van der Waals surface area (Å²) in [5.74, 6) is 0. The Morgan fingerprint density at radius 2 is 1.60 bits per heavy atom. The number of benzene rings is 2. The van der Waals surface area contributed by atoms with Gasteiger partial charge in [0.15, 0.2) is 0 Å². The summed E-state index contributed by atoms with van der Waals surface area (Å²) in [6.07, 6.45) is 2.26. The fraction of sp³-hybridized carbons (Fsp3) is 0.0526. The van der Waals surface area contributed by atoms with Gasteiger partial charge in [-0.15, -0.1) is 11.3 Å². The van der Waals surface area contributed by atoms with Gasteiger partial charge in [-0.05, 0) is 41.1 Å². The summed E-state index contributed by atoms with van der Waals surface area (Å²) in [7, 11) is 0. The van der Waals surface area contributed by atoms with Crippen LogP contribution in [0.5, 0.6) is 0 Å². The molecule has 3 rings (SSSR count). The molecule has 0 fully saturated rings. The maximum absolute atomic E-state index is 2.26. The van der Waals surface area contributed by atoms with E-state index in [2.05, 4.69) is 85.1 Å². The average molecular weight is 276 g/mol. The molecule has 1 heterocycles. The fourth-order valence-electron chi connectivity index (χ4n) is 2.18. The van der Waals surface area contributed by atoms with Gasteiger partial charge >= 0.3 is 0 Å². The van der Waals surface area contributed by atoms with Crippen molar-refractivity contribution in [1.29, 1.82) is 0 Å². The van der Waals surface area contributed by atoms with Crippen LogP contribution in [0, 0.1) is 6.92 Å². The zero-order valence-corrected chi connectivity index (χ0v) is 12.2. The van der Waals surface area contributed by atoms with Gasteiger partial charge in [0.2, 0.25) is 0 Å². The minimum Gasteiger partial charge on any atom is -0.144 e. The van der Waals surface area contributed by atoms with Crippen molar-refractivity contribution in [3.05, 3.63) is 93.7 Å². The van der Waals surface area contributed by atoms with Crippen molar-refractivity contribution in [2.75, 3.05) is 0 Å². The SMILES string of the molecule is Cc1ccc(/C=C(\c2ccccc2)c2cccs2)cc1. The Labute approximate surface area is 124 Å². The van der Waals surface area contributed by atoms with E-state index in [4.69, 9.17) is 0 Å². The van der Waals surface area contributed by atoms with Crippen LogP contribution in [-0.4, -0.2) is 0 Å². The van der Waals surface area contributed by atoms with Crippen LogP contribution < -0.4 is 0 Å². The molecular formula is C19H16S. The molecule has 20 heavy (non-hydrogen) atoms. The first-order chi connectivity index (χ1) is 9.83. The van der Waals surface area contributed by atoms with E-state index in [-0.39, 0.29) is 0 Å². The highest BCUT2D eigenvalue weighted by Gasteiger charge is 2.05. The molecule has 0 atom stereocenters. The second-order valence-electron chi connectivity index (χ2n) is 4.81. The maximum atomic E-state index is 2.26. The summed E-state index contributed by atoms with van der Waals surface area (Å²) in [6, 6.07) is 23.5. The lowest BCUT2D eigenvalue weighted by Gasteiger charge is -2.06. The summed E-state index contributed by atoms with van der Waals surface area (Å²) in [4.78, 5) is 1.30.